The van der Waals surface area contributed by atoms with E-state index in [2.05, 4.69) is 59.0 Å². The topological polar surface area (TPSA) is 54.7 Å². The standard InChI is InChI=1S/C13H16BrN3/c1-7(2)11-12(16-17-13(11)15)10-6-9(14)5-4-8(10)3/h4-7H,1-3H3,(H3,15,16,17). The first-order valence-corrected chi connectivity index (χ1v) is 6.40. The van der Waals surface area contributed by atoms with Gasteiger partial charge in [0.05, 0.1) is 5.69 Å². The van der Waals surface area contributed by atoms with Crippen molar-refractivity contribution in [2.24, 2.45) is 0 Å². The Kier molecular flexibility index (Phi) is 3.24. The molecule has 0 fully saturated rings. The minimum absolute atomic E-state index is 0.349. The van der Waals surface area contributed by atoms with E-state index < -0.39 is 0 Å². The van der Waals surface area contributed by atoms with Gasteiger partial charge in [0.25, 0.3) is 0 Å². The van der Waals surface area contributed by atoms with Crippen LogP contribution in [0.4, 0.5) is 5.82 Å². The van der Waals surface area contributed by atoms with Crippen LogP contribution in [0.2, 0.25) is 0 Å². The second-order valence-corrected chi connectivity index (χ2v) is 5.43. The zero-order valence-corrected chi connectivity index (χ0v) is 11.8. The zero-order valence-electron chi connectivity index (χ0n) is 10.2. The van der Waals surface area contributed by atoms with Crippen molar-refractivity contribution in [3.05, 3.63) is 33.8 Å². The molecule has 3 nitrogen and oxygen atoms in total. The number of benzene rings is 1. The van der Waals surface area contributed by atoms with Crippen molar-refractivity contribution in [2.75, 3.05) is 5.73 Å². The first kappa shape index (κ1) is 12.2. The van der Waals surface area contributed by atoms with Gasteiger partial charge in [0.15, 0.2) is 0 Å². The van der Waals surface area contributed by atoms with Crippen molar-refractivity contribution in [3.63, 3.8) is 0 Å². The van der Waals surface area contributed by atoms with E-state index in [1.165, 1.54) is 5.56 Å². The summed E-state index contributed by atoms with van der Waals surface area (Å²) in [5, 5.41) is 7.17. The number of H-pyrrole nitrogens is 1. The fraction of sp³-hybridized carbons (Fsp3) is 0.308. The normalized spacial score (nSPS) is 11.1. The lowest BCUT2D eigenvalue weighted by Gasteiger charge is -2.10. The molecule has 4 heteroatoms. The molecule has 0 aliphatic carbocycles. The molecule has 2 aromatic rings. The number of hydrogen-bond donors (Lipinski definition) is 2. The van der Waals surface area contributed by atoms with Crippen molar-refractivity contribution < 1.29 is 0 Å². The molecular formula is C13H16BrN3. The van der Waals surface area contributed by atoms with Crippen LogP contribution in [0.1, 0.15) is 30.9 Å². The first-order chi connectivity index (χ1) is 8.00. The maximum atomic E-state index is 5.91. The second kappa shape index (κ2) is 4.53. The maximum absolute atomic E-state index is 5.91. The number of nitrogen functional groups attached to an aromatic ring is 1. The number of nitrogens with two attached hydrogens (primary N) is 1. The smallest absolute Gasteiger partial charge is 0.149 e. The van der Waals surface area contributed by atoms with Gasteiger partial charge >= 0.3 is 0 Å². The second-order valence-electron chi connectivity index (χ2n) is 4.51. The van der Waals surface area contributed by atoms with Gasteiger partial charge in [-0.15, -0.1) is 0 Å². The molecule has 0 saturated heterocycles. The van der Waals surface area contributed by atoms with Crippen molar-refractivity contribution in [2.45, 2.75) is 26.7 Å². The fourth-order valence-electron chi connectivity index (χ4n) is 2.02. The highest BCUT2D eigenvalue weighted by molar-refractivity contribution is 9.10. The highest BCUT2D eigenvalue weighted by Crippen LogP contribution is 2.34. The Balaban J connectivity index is 2.64. The van der Waals surface area contributed by atoms with Crippen molar-refractivity contribution in [1.82, 2.24) is 10.2 Å². The van der Waals surface area contributed by atoms with Crippen molar-refractivity contribution in [3.8, 4) is 11.3 Å². The molecule has 0 radical (unpaired) electrons. The lowest BCUT2D eigenvalue weighted by atomic mass is 9.96. The molecule has 1 aromatic carbocycles. The van der Waals surface area contributed by atoms with Crippen LogP contribution in [-0.2, 0) is 0 Å². The van der Waals surface area contributed by atoms with Gasteiger partial charge in [-0.3, -0.25) is 5.10 Å². The summed E-state index contributed by atoms with van der Waals surface area (Å²) in [4.78, 5) is 0. The molecule has 0 unspecified atom stereocenters. The van der Waals surface area contributed by atoms with Crippen LogP contribution in [0.25, 0.3) is 11.3 Å². The van der Waals surface area contributed by atoms with E-state index in [0.717, 1.165) is 21.3 Å². The molecule has 0 bridgehead atoms. The van der Waals surface area contributed by atoms with E-state index in [4.69, 9.17) is 5.73 Å². The predicted molar refractivity (Wildman–Crippen MR) is 75.0 cm³/mol. The molecule has 90 valence electrons. The lowest BCUT2D eigenvalue weighted by Crippen LogP contribution is -1.96. The number of aryl methyl sites for hydroxylation is 1. The van der Waals surface area contributed by atoms with Crippen LogP contribution in [0.3, 0.4) is 0 Å². The molecule has 0 spiro atoms. The van der Waals surface area contributed by atoms with Crippen molar-refractivity contribution in [1.29, 1.82) is 0 Å². The summed E-state index contributed by atoms with van der Waals surface area (Å²) >= 11 is 3.50. The van der Waals surface area contributed by atoms with Gasteiger partial charge in [-0.05, 0) is 30.5 Å². The Morgan fingerprint density at radius 3 is 2.71 bits per heavy atom. The molecule has 17 heavy (non-hydrogen) atoms. The molecule has 2 rings (SSSR count). The van der Waals surface area contributed by atoms with E-state index in [1.54, 1.807) is 0 Å². The average Bonchev–Trinajstić information content (AvgIpc) is 2.64. The third kappa shape index (κ3) is 2.22. The van der Waals surface area contributed by atoms with Gasteiger partial charge in [0.1, 0.15) is 5.82 Å². The first-order valence-electron chi connectivity index (χ1n) is 5.61. The molecule has 0 aliphatic heterocycles. The Labute approximate surface area is 110 Å². The van der Waals surface area contributed by atoms with E-state index in [0.29, 0.717) is 11.7 Å². The largest absolute Gasteiger partial charge is 0.382 e. The highest BCUT2D eigenvalue weighted by atomic mass is 79.9. The Morgan fingerprint density at radius 2 is 2.06 bits per heavy atom. The van der Waals surface area contributed by atoms with Crippen LogP contribution in [0.5, 0.6) is 0 Å². The van der Waals surface area contributed by atoms with Crippen LogP contribution in [0.15, 0.2) is 22.7 Å². The van der Waals surface area contributed by atoms with E-state index in [9.17, 15) is 0 Å². The molecular weight excluding hydrogens is 278 g/mol. The fourth-order valence-corrected chi connectivity index (χ4v) is 2.38. The van der Waals surface area contributed by atoms with Gasteiger partial charge in [0, 0.05) is 15.6 Å². The predicted octanol–water partition coefficient (Wildman–Crippen LogP) is 3.85. The van der Waals surface area contributed by atoms with Crippen LogP contribution < -0.4 is 5.73 Å². The molecule has 3 N–H and O–H groups in total. The van der Waals surface area contributed by atoms with Crippen LogP contribution in [-0.4, -0.2) is 10.2 Å². The van der Waals surface area contributed by atoms with Gasteiger partial charge < -0.3 is 5.73 Å². The minimum atomic E-state index is 0.349. The number of hydrogen-bond acceptors (Lipinski definition) is 2. The number of nitrogens with one attached hydrogen (secondary N) is 1. The molecule has 1 heterocycles. The van der Waals surface area contributed by atoms with E-state index in [1.807, 2.05) is 6.07 Å². The number of aromatic nitrogens is 2. The van der Waals surface area contributed by atoms with Gasteiger partial charge in [-0.2, -0.15) is 5.10 Å². The maximum Gasteiger partial charge on any atom is 0.149 e. The zero-order chi connectivity index (χ0) is 12.6. The summed E-state index contributed by atoms with van der Waals surface area (Å²) < 4.78 is 1.06. The molecule has 1 aromatic heterocycles. The summed E-state index contributed by atoms with van der Waals surface area (Å²) in [5.41, 5.74) is 10.4. The third-order valence-corrected chi connectivity index (χ3v) is 3.37. The summed E-state index contributed by atoms with van der Waals surface area (Å²) in [6.45, 7) is 6.33. The minimum Gasteiger partial charge on any atom is -0.382 e. The number of nitrogens with zero attached hydrogens (tertiary/aromatic N) is 1. The number of aromatic amines is 1. The van der Waals surface area contributed by atoms with E-state index >= 15 is 0 Å². The average molecular weight is 294 g/mol. The van der Waals surface area contributed by atoms with Crippen LogP contribution in [0, 0.1) is 6.92 Å². The summed E-state index contributed by atoms with van der Waals surface area (Å²) in [5.74, 6) is 0.941. The molecule has 0 atom stereocenters. The molecule has 0 saturated carbocycles. The Hall–Kier alpha value is -1.29. The monoisotopic (exact) mass is 293 g/mol. The summed E-state index contributed by atoms with van der Waals surface area (Å²) in [6, 6.07) is 6.21. The Bertz CT molecular complexity index is 544. The summed E-state index contributed by atoms with van der Waals surface area (Å²) in [6.07, 6.45) is 0. The highest BCUT2D eigenvalue weighted by Gasteiger charge is 2.17. The van der Waals surface area contributed by atoms with Crippen LogP contribution >= 0.6 is 15.9 Å². The third-order valence-electron chi connectivity index (χ3n) is 2.88. The summed E-state index contributed by atoms with van der Waals surface area (Å²) in [7, 11) is 0. The van der Waals surface area contributed by atoms with Crippen molar-refractivity contribution >= 4 is 21.7 Å². The van der Waals surface area contributed by atoms with Gasteiger partial charge in [0.2, 0.25) is 0 Å². The lowest BCUT2D eigenvalue weighted by molar-refractivity contribution is 0.873. The van der Waals surface area contributed by atoms with Gasteiger partial charge in [-0.1, -0.05) is 35.8 Å². The molecule has 0 aliphatic rings. The number of rotatable bonds is 2. The number of halogens is 1. The SMILES string of the molecule is Cc1ccc(Br)cc1-c1[nH]nc(N)c1C(C)C. The van der Waals surface area contributed by atoms with Gasteiger partial charge in [-0.25, -0.2) is 0 Å². The molecule has 0 amide bonds. The quantitative estimate of drug-likeness (QED) is 0.883. The Morgan fingerprint density at radius 1 is 1.35 bits per heavy atom. The number of anilines is 1. The van der Waals surface area contributed by atoms with E-state index in [-0.39, 0.29) is 0 Å².